The molecule has 0 radical (unpaired) electrons. The molecule has 3 rings (SSSR count). The third-order valence-corrected chi connectivity index (χ3v) is 9.05. The van der Waals surface area contributed by atoms with E-state index in [4.69, 9.17) is 9.47 Å². The number of amides is 2. The molecule has 1 aliphatic heterocycles. The summed E-state index contributed by atoms with van der Waals surface area (Å²) in [7, 11) is 0. The van der Waals surface area contributed by atoms with Gasteiger partial charge in [-0.15, -0.1) is 0 Å². The van der Waals surface area contributed by atoms with Crippen LogP contribution in [0.1, 0.15) is 64.2 Å². The first kappa shape index (κ1) is 26.7. The fourth-order valence-electron chi connectivity index (χ4n) is 4.15. The van der Waals surface area contributed by atoms with Gasteiger partial charge in [-0.05, 0) is 0 Å². The van der Waals surface area contributed by atoms with Gasteiger partial charge >= 0.3 is 173 Å². The van der Waals surface area contributed by atoms with E-state index in [-0.39, 0.29) is 45.9 Å². The van der Waals surface area contributed by atoms with Gasteiger partial charge < -0.3 is 0 Å². The number of hydrogen-bond acceptors (Lipinski definition) is 4. The number of carbonyl (C=O) groups excluding carboxylic acids is 2. The summed E-state index contributed by atoms with van der Waals surface area (Å²) in [5.41, 5.74) is 0. The van der Waals surface area contributed by atoms with E-state index in [1.165, 1.54) is 51.4 Å². The zero-order valence-electron chi connectivity index (χ0n) is 19.9. The predicted molar refractivity (Wildman–Crippen MR) is 129 cm³/mol. The predicted octanol–water partition coefficient (Wildman–Crippen LogP) is 1.48. The van der Waals surface area contributed by atoms with Crippen LogP contribution < -0.4 is 35.1 Å². The Hall–Kier alpha value is -1.87. The van der Waals surface area contributed by atoms with Crippen LogP contribution in [0, 0.1) is 0 Å². The van der Waals surface area contributed by atoms with Gasteiger partial charge in [0.1, 0.15) is 0 Å². The van der Waals surface area contributed by atoms with Crippen LogP contribution in [0.4, 0.5) is 0 Å². The second-order valence-electron chi connectivity index (χ2n) is 8.90. The maximum atomic E-state index is 12.6. The molecule has 2 N–H and O–H groups in total. The molecule has 6 nitrogen and oxygen atoms in total. The quantitative estimate of drug-likeness (QED) is 0.291. The Labute approximate surface area is 214 Å². The van der Waals surface area contributed by atoms with E-state index >= 15 is 0 Å². The molecule has 34 heavy (non-hydrogen) atoms. The molecule has 188 valence electrons. The van der Waals surface area contributed by atoms with Crippen LogP contribution in [0.5, 0.6) is 5.75 Å². The molecule has 1 saturated heterocycles. The average Bonchev–Trinajstić information content (AvgIpc) is 2.99. The average molecular weight is 582 g/mol. The Morgan fingerprint density at radius 2 is 1.47 bits per heavy atom. The van der Waals surface area contributed by atoms with E-state index in [0.29, 0.717) is 22.7 Å². The van der Waals surface area contributed by atoms with Gasteiger partial charge in [-0.2, -0.15) is 0 Å². The van der Waals surface area contributed by atoms with Gasteiger partial charge in [-0.1, -0.05) is 42.5 Å². The Morgan fingerprint density at radius 3 is 2.09 bits per heavy atom. The molecule has 2 fully saturated rings. The molecule has 1 heterocycles. The molecule has 2 aliphatic rings. The Kier molecular flexibility index (Phi) is 12.5. The summed E-state index contributed by atoms with van der Waals surface area (Å²) < 4.78 is 15.4. The summed E-state index contributed by atoms with van der Waals surface area (Å²) >= 11 is -0.340. The SMILES string of the molecule is O=C(COc1ccccccccc1)NC1CCC(C(=O)N[I-]C2CCCCCCCC2)OC1. The molecular weight excluding hydrogens is 543 g/mol. The molecule has 1 aromatic rings. The molecule has 7 heteroatoms. The first-order chi connectivity index (χ1) is 16.7. The number of ether oxygens (including phenoxy) is 2. The number of rotatable bonds is 7. The zero-order chi connectivity index (χ0) is 23.8. The van der Waals surface area contributed by atoms with Crippen LogP contribution in [-0.2, 0) is 14.3 Å². The van der Waals surface area contributed by atoms with Crippen molar-refractivity contribution in [2.45, 2.75) is 80.3 Å². The summed E-state index contributed by atoms with van der Waals surface area (Å²) in [5, 5.41) is 2.96. The van der Waals surface area contributed by atoms with E-state index in [1.54, 1.807) is 0 Å². The molecule has 0 bridgehead atoms. The summed E-state index contributed by atoms with van der Waals surface area (Å²) in [6, 6.07) is 16.9. The molecular formula is C27H38IN2O4-. The van der Waals surface area contributed by atoms with Crippen LogP contribution in [-0.4, -0.2) is 41.1 Å². The second-order valence-corrected chi connectivity index (χ2v) is 11.8. The number of halogens is 1. The molecule has 0 spiro atoms. The van der Waals surface area contributed by atoms with Gasteiger partial charge in [0.15, 0.2) is 0 Å². The van der Waals surface area contributed by atoms with E-state index in [1.807, 2.05) is 54.6 Å². The molecule has 1 aliphatic carbocycles. The van der Waals surface area contributed by atoms with Crippen molar-refractivity contribution in [3.8, 4) is 5.75 Å². The van der Waals surface area contributed by atoms with Gasteiger partial charge in [0.25, 0.3) is 0 Å². The minimum atomic E-state index is -0.396. The fraction of sp³-hybridized carbons (Fsp3) is 0.556. The number of alkyl halides is 1. The van der Waals surface area contributed by atoms with Crippen LogP contribution in [0.3, 0.4) is 0 Å². The van der Waals surface area contributed by atoms with E-state index in [2.05, 4.69) is 8.85 Å². The Bertz CT molecular complexity index is 778. The zero-order valence-corrected chi connectivity index (χ0v) is 22.1. The van der Waals surface area contributed by atoms with E-state index < -0.39 is 6.10 Å². The van der Waals surface area contributed by atoms with Crippen LogP contribution >= 0.6 is 0 Å². The molecule has 2 atom stereocenters. The summed E-state index contributed by atoms with van der Waals surface area (Å²) in [5.74, 6) is 0.465. The van der Waals surface area contributed by atoms with Gasteiger partial charge in [-0.25, -0.2) is 0 Å². The van der Waals surface area contributed by atoms with Crippen LogP contribution in [0.25, 0.3) is 0 Å². The summed E-state index contributed by atoms with van der Waals surface area (Å²) in [6.07, 6.45) is 11.5. The Balaban J connectivity index is 1.35. The van der Waals surface area contributed by atoms with Gasteiger partial charge in [0.05, 0.1) is 0 Å². The topological polar surface area (TPSA) is 76.7 Å². The van der Waals surface area contributed by atoms with Crippen molar-refractivity contribution in [1.29, 1.82) is 0 Å². The van der Waals surface area contributed by atoms with Crippen molar-refractivity contribution < 1.29 is 40.5 Å². The van der Waals surface area contributed by atoms with Gasteiger partial charge in [0, 0.05) is 0 Å². The normalized spacial score (nSPS) is 21.8. The summed E-state index contributed by atoms with van der Waals surface area (Å²) in [4.78, 5) is 25.0. The Morgan fingerprint density at radius 1 is 0.853 bits per heavy atom. The molecule has 0 aromatic heterocycles. The van der Waals surface area contributed by atoms with Crippen molar-refractivity contribution >= 4 is 11.8 Å². The van der Waals surface area contributed by atoms with Gasteiger partial charge in [-0.3, -0.25) is 0 Å². The van der Waals surface area contributed by atoms with Crippen molar-refractivity contribution in [3.63, 3.8) is 0 Å². The van der Waals surface area contributed by atoms with Crippen LogP contribution in [0.2, 0.25) is 0 Å². The first-order valence-corrected chi connectivity index (χ1v) is 14.9. The summed E-state index contributed by atoms with van der Waals surface area (Å²) in [6.45, 7) is 0.295. The van der Waals surface area contributed by atoms with Crippen molar-refractivity contribution in [3.05, 3.63) is 54.6 Å². The fourth-order valence-corrected chi connectivity index (χ4v) is 6.75. The number of nitrogens with one attached hydrogen (secondary N) is 2. The second kappa shape index (κ2) is 15.9. The maximum absolute atomic E-state index is 12.6. The third kappa shape index (κ3) is 10.6. The standard InChI is InChI=1S/C27H38IN2O4/c31-26(21-33-24-16-12-8-2-1-3-9-13-17-24)29-23-18-19-25(34-20-23)27(32)30-28-22-14-10-6-4-5-7-11-15-22/h1-3,8-9,12-13,16-17,22-23,25H,4-7,10-11,14-15,18-21H2,(H,29,31)(H,30,32)/q-1. The minimum absolute atomic E-state index is 0.0347. The molecule has 2 amide bonds. The molecule has 1 aromatic carbocycles. The van der Waals surface area contributed by atoms with E-state index in [9.17, 15) is 9.59 Å². The number of hydrogen-bond donors (Lipinski definition) is 2. The molecule has 2 unspecified atom stereocenters. The van der Waals surface area contributed by atoms with Crippen molar-refractivity contribution in [2.75, 3.05) is 13.2 Å². The van der Waals surface area contributed by atoms with E-state index in [0.717, 1.165) is 6.42 Å². The van der Waals surface area contributed by atoms with Gasteiger partial charge in [0.2, 0.25) is 0 Å². The van der Waals surface area contributed by atoms with Crippen molar-refractivity contribution in [2.24, 2.45) is 0 Å². The monoisotopic (exact) mass is 581 g/mol. The van der Waals surface area contributed by atoms with Crippen LogP contribution in [0.15, 0.2) is 54.6 Å². The first-order valence-electron chi connectivity index (χ1n) is 12.5. The van der Waals surface area contributed by atoms with Crippen molar-refractivity contribution in [1.82, 2.24) is 8.85 Å². The number of carbonyl (C=O) groups is 2. The molecule has 1 saturated carbocycles. The third-order valence-electron chi connectivity index (χ3n) is 6.08.